The molecule has 0 amide bonds. The minimum absolute atomic E-state index is 0.357. The quantitative estimate of drug-likeness (QED) is 0.742. The van der Waals surface area contributed by atoms with E-state index in [9.17, 15) is 5.26 Å². The minimum atomic E-state index is 0.357. The van der Waals surface area contributed by atoms with Crippen LogP contribution in [0.25, 0.3) is 0 Å². The molecule has 0 N–H and O–H groups in total. The van der Waals surface area contributed by atoms with Crippen LogP contribution < -0.4 is 0 Å². The Labute approximate surface area is 133 Å². The van der Waals surface area contributed by atoms with Crippen LogP contribution >= 0.6 is 11.6 Å². The van der Waals surface area contributed by atoms with Crippen molar-refractivity contribution in [1.82, 2.24) is 15.0 Å². The van der Waals surface area contributed by atoms with Gasteiger partial charge in [-0.2, -0.15) is 5.26 Å². The van der Waals surface area contributed by atoms with Gasteiger partial charge in [-0.25, -0.2) is 4.68 Å². The maximum atomic E-state index is 9.24. The van der Waals surface area contributed by atoms with E-state index < -0.39 is 0 Å². The molecule has 5 heteroatoms. The summed E-state index contributed by atoms with van der Waals surface area (Å²) in [7, 11) is 0. The lowest BCUT2D eigenvalue weighted by atomic mass is 10.1. The van der Waals surface area contributed by atoms with Gasteiger partial charge in [-0.05, 0) is 17.2 Å². The lowest BCUT2D eigenvalue weighted by molar-refractivity contribution is 0.625. The van der Waals surface area contributed by atoms with Crippen LogP contribution in [0.2, 0.25) is 5.02 Å². The minimum Gasteiger partial charge on any atom is -0.243 e. The highest BCUT2D eigenvalue weighted by Gasteiger charge is 2.14. The second-order valence-electron chi connectivity index (χ2n) is 4.91. The van der Waals surface area contributed by atoms with E-state index in [0.29, 0.717) is 23.7 Å². The van der Waals surface area contributed by atoms with E-state index in [1.165, 1.54) is 0 Å². The molecule has 0 fully saturated rings. The molecule has 0 saturated heterocycles. The maximum Gasteiger partial charge on any atom is 0.186 e. The summed E-state index contributed by atoms with van der Waals surface area (Å²) >= 11 is 6.20. The average Bonchev–Trinajstić information content (AvgIpc) is 2.92. The summed E-state index contributed by atoms with van der Waals surface area (Å²) in [5.74, 6) is 0. The first kappa shape index (κ1) is 14.3. The fourth-order valence-corrected chi connectivity index (χ4v) is 2.49. The zero-order valence-corrected chi connectivity index (χ0v) is 12.5. The van der Waals surface area contributed by atoms with Crippen molar-refractivity contribution in [1.29, 1.82) is 5.26 Å². The number of halogens is 1. The lowest BCUT2D eigenvalue weighted by Gasteiger charge is -2.08. The summed E-state index contributed by atoms with van der Waals surface area (Å²) in [6, 6.07) is 19.7. The Bertz CT molecular complexity index is 818. The van der Waals surface area contributed by atoms with E-state index in [4.69, 9.17) is 11.6 Å². The highest BCUT2D eigenvalue weighted by molar-refractivity contribution is 6.31. The van der Waals surface area contributed by atoms with Gasteiger partial charge in [0.2, 0.25) is 0 Å². The third-order valence-electron chi connectivity index (χ3n) is 3.44. The first-order valence-corrected chi connectivity index (χ1v) is 7.25. The number of rotatable bonds is 4. The molecule has 0 aliphatic rings. The second-order valence-corrected chi connectivity index (χ2v) is 5.32. The molecule has 0 aliphatic carbocycles. The summed E-state index contributed by atoms with van der Waals surface area (Å²) in [6.45, 7) is 0.497. The summed E-state index contributed by atoms with van der Waals surface area (Å²) in [5, 5.41) is 18.0. The molecule has 4 nitrogen and oxygen atoms in total. The van der Waals surface area contributed by atoms with Crippen LogP contribution in [0.3, 0.4) is 0 Å². The summed E-state index contributed by atoms with van der Waals surface area (Å²) in [4.78, 5) is 0. The van der Waals surface area contributed by atoms with Crippen molar-refractivity contribution >= 4 is 11.6 Å². The molecule has 0 bridgehead atoms. The van der Waals surface area contributed by atoms with Gasteiger partial charge in [0.25, 0.3) is 0 Å². The van der Waals surface area contributed by atoms with E-state index in [2.05, 4.69) is 16.4 Å². The van der Waals surface area contributed by atoms with Crippen LogP contribution in [0, 0.1) is 11.3 Å². The Hall–Kier alpha value is -2.64. The highest BCUT2D eigenvalue weighted by atomic mass is 35.5. The van der Waals surface area contributed by atoms with Crippen LogP contribution in [0.1, 0.15) is 22.5 Å². The molecule has 0 atom stereocenters. The molecule has 22 heavy (non-hydrogen) atoms. The van der Waals surface area contributed by atoms with E-state index in [1.807, 2.05) is 54.6 Å². The number of benzene rings is 2. The van der Waals surface area contributed by atoms with Gasteiger partial charge in [-0.1, -0.05) is 65.3 Å². The smallest absolute Gasteiger partial charge is 0.186 e. The van der Waals surface area contributed by atoms with Gasteiger partial charge in [0.05, 0.1) is 12.2 Å². The van der Waals surface area contributed by atoms with Gasteiger partial charge in [0, 0.05) is 11.4 Å². The van der Waals surface area contributed by atoms with Gasteiger partial charge in [-0.3, -0.25) is 0 Å². The average molecular weight is 309 g/mol. The number of nitriles is 1. The topological polar surface area (TPSA) is 54.5 Å². The van der Waals surface area contributed by atoms with Crippen LogP contribution in [-0.2, 0) is 13.0 Å². The van der Waals surface area contributed by atoms with Gasteiger partial charge >= 0.3 is 0 Å². The normalized spacial score (nSPS) is 10.4. The van der Waals surface area contributed by atoms with Gasteiger partial charge in [-0.15, -0.1) is 5.10 Å². The SMILES string of the molecule is N#Cc1nnn(Cc2ccccc2Cl)c1Cc1ccccc1. The predicted octanol–water partition coefficient (Wildman–Crippen LogP) is 3.44. The van der Waals surface area contributed by atoms with Crippen molar-refractivity contribution in [3.8, 4) is 6.07 Å². The summed E-state index contributed by atoms with van der Waals surface area (Å²) in [6.07, 6.45) is 0.612. The van der Waals surface area contributed by atoms with Gasteiger partial charge in [0.15, 0.2) is 5.69 Å². The Morgan fingerprint density at radius 3 is 2.50 bits per heavy atom. The van der Waals surface area contributed by atoms with Crippen LogP contribution in [0.15, 0.2) is 54.6 Å². The van der Waals surface area contributed by atoms with Gasteiger partial charge in [0.1, 0.15) is 6.07 Å². The number of nitrogens with zero attached hydrogens (tertiary/aromatic N) is 4. The molecule has 108 valence electrons. The summed E-state index contributed by atoms with van der Waals surface area (Å²) < 4.78 is 1.74. The second kappa shape index (κ2) is 6.42. The maximum absolute atomic E-state index is 9.24. The van der Waals surface area contributed by atoms with Crippen LogP contribution in [0.5, 0.6) is 0 Å². The van der Waals surface area contributed by atoms with Crippen molar-refractivity contribution in [2.75, 3.05) is 0 Å². The van der Waals surface area contributed by atoms with Crippen LogP contribution in [-0.4, -0.2) is 15.0 Å². The van der Waals surface area contributed by atoms with Crippen molar-refractivity contribution in [3.63, 3.8) is 0 Å². The molecule has 2 aromatic carbocycles. The van der Waals surface area contributed by atoms with Crippen LogP contribution in [0.4, 0.5) is 0 Å². The molecule has 0 radical (unpaired) electrons. The Kier molecular flexibility index (Phi) is 4.17. The standard InChI is InChI=1S/C17H13ClN4/c18-15-9-5-4-8-14(15)12-22-17(16(11-19)20-21-22)10-13-6-2-1-3-7-13/h1-9H,10,12H2. The van der Waals surface area contributed by atoms with Crippen molar-refractivity contribution in [2.24, 2.45) is 0 Å². The molecular weight excluding hydrogens is 296 g/mol. The van der Waals surface area contributed by atoms with E-state index >= 15 is 0 Å². The summed E-state index contributed by atoms with van der Waals surface area (Å²) in [5.41, 5.74) is 3.22. The fourth-order valence-electron chi connectivity index (χ4n) is 2.30. The third kappa shape index (κ3) is 3.00. The van der Waals surface area contributed by atoms with Crippen molar-refractivity contribution in [3.05, 3.63) is 82.1 Å². The lowest BCUT2D eigenvalue weighted by Crippen LogP contribution is -2.08. The largest absolute Gasteiger partial charge is 0.243 e. The number of hydrogen-bond acceptors (Lipinski definition) is 3. The van der Waals surface area contributed by atoms with Crippen molar-refractivity contribution < 1.29 is 0 Å². The molecule has 0 saturated carbocycles. The van der Waals surface area contributed by atoms with E-state index in [-0.39, 0.29) is 0 Å². The molecule has 0 unspecified atom stereocenters. The van der Waals surface area contributed by atoms with Crippen molar-refractivity contribution in [2.45, 2.75) is 13.0 Å². The molecule has 1 heterocycles. The third-order valence-corrected chi connectivity index (χ3v) is 3.80. The van der Waals surface area contributed by atoms with E-state index in [0.717, 1.165) is 16.8 Å². The molecule has 0 spiro atoms. The first-order chi connectivity index (χ1) is 10.8. The number of hydrogen-bond donors (Lipinski definition) is 0. The van der Waals surface area contributed by atoms with E-state index in [1.54, 1.807) is 4.68 Å². The zero-order valence-electron chi connectivity index (χ0n) is 11.8. The Balaban J connectivity index is 1.94. The Morgan fingerprint density at radius 2 is 1.77 bits per heavy atom. The molecule has 3 rings (SSSR count). The first-order valence-electron chi connectivity index (χ1n) is 6.87. The molecular formula is C17H13ClN4. The fraction of sp³-hybridized carbons (Fsp3) is 0.118. The van der Waals surface area contributed by atoms with Gasteiger partial charge < -0.3 is 0 Å². The highest BCUT2D eigenvalue weighted by Crippen LogP contribution is 2.18. The molecule has 3 aromatic rings. The molecule has 0 aliphatic heterocycles. The zero-order chi connectivity index (χ0) is 15.4. The molecule has 1 aromatic heterocycles. The number of aromatic nitrogens is 3. The Morgan fingerprint density at radius 1 is 1.05 bits per heavy atom. The monoisotopic (exact) mass is 308 g/mol. The predicted molar refractivity (Wildman–Crippen MR) is 84.5 cm³/mol.